The van der Waals surface area contributed by atoms with E-state index in [9.17, 15) is 14.4 Å². The average Bonchev–Trinajstić information content (AvgIpc) is 2.97. The molecule has 0 saturated carbocycles. The normalized spacial score (nSPS) is 13.9. The number of nitrogens with zero attached hydrogens (tertiary/aromatic N) is 3. The van der Waals surface area contributed by atoms with Crippen LogP contribution in [0.1, 0.15) is 31.4 Å². The highest BCUT2D eigenvalue weighted by atomic mass is 32.1. The Morgan fingerprint density at radius 1 is 1.04 bits per heavy atom. The van der Waals surface area contributed by atoms with Crippen LogP contribution in [0.3, 0.4) is 0 Å². The molecule has 1 aromatic carbocycles. The van der Waals surface area contributed by atoms with E-state index in [0.29, 0.717) is 16.3 Å². The number of carbonyl (C=O) groups is 2. The first-order valence-corrected chi connectivity index (χ1v) is 7.78. The van der Waals surface area contributed by atoms with E-state index in [0.717, 1.165) is 21.8 Å². The van der Waals surface area contributed by atoms with Crippen molar-refractivity contribution in [3.8, 4) is 0 Å². The molecule has 3 heterocycles. The Morgan fingerprint density at radius 3 is 2.52 bits per heavy atom. The van der Waals surface area contributed by atoms with Gasteiger partial charge in [-0.25, -0.2) is 14.3 Å². The van der Waals surface area contributed by atoms with Gasteiger partial charge in [-0.1, -0.05) is 29.5 Å². The maximum Gasteiger partial charge on any atom is 0.284 e. The summed E-state index contributed by atoms with van der Waals surface area (Å²) in [5, 5.41) is 0. The Morgan fingerprint density at radius 2 is 1.78 bits per heavy atom. The van der Waals surface area contributed by atoms with E-state index in [1.165, 1.54) is 10.5 Å². The maximum absolute atomic E-state index is 12.8. The van der Waals surface area contributed by atoms with Crippen LogP contribution in [-0.2, 0) is 0 Å². The van der Waals surface area contributed by atoms with Gasteiger partial charge in [-0.05, 0) is 25.5 Å². The fourth-order valence-corrected chi connectivity index (χ4v) is 3.86. The molecule has 4 rings (SSSR count). The summed E-state index contributed by atoms with van der Waals surface area (Å²) >= 11 is 1.07. The Hall–Kier alpha value is -2.80. The van der Waals surface area contributed by atoms with Crippen LogP contribution in [0.15, 0.2) is 35.1 Å². The molecule has 2 amide bonds. The van der Waals surface area contributed by atoms with Crippen LogP contribution in [0.25, 0.3) is 4.96 Å². The Labute approximate surface area is 134 Å². The largest absolute Gasteiger partial charge is 0.284 e. The minimum absolute atomic E-state index is 0.107. The van der Waals surface area contributed by atoms with Crippen LogP contribution in [-0.4, -0.2) is 21.2 Å². The number of aromatic nitrogens is 2. The van der Waals surface area contributed by atoms with E-state index in [1.807, 2.05) is 19.1 Å². The summed E-state index contributed by atoms with van der Waals surface area (Å²) in [4.78, 5) is 43.7. The third kappa shape index (κ3) is 1.80. The molecule has 3 aromatic rings. The minimum Gasteiger partial charge on any atom is -0.269 e. The van der Waals surface area contributed by atoms with Gasteiger partial charge >= 0.3 is 0 Å². The number of amides is 2. The number of hydrogen-bond donors (Lipinski definition) is 0. The fourth-order valence-electron chi connectivity index (χ4n) is 2.76. The van der Waals surface area contributed by atoms with Gasteiger partial charge in [0, 0.05) is 11.8 Å². The molecule has 114 valence electrons. The lowest BCUT2D eigenvalue weighted by Gasteiger charge is -2.16. The standard InChI is InChI=1S/C16H11N3O3S/c1-8-5-3-4-6-10(8)18-14(21)12-13(15(18)22)23-16-17-9(2)7-11(20)19(12)16/h3-7H,1-2H3. The molecule has 0 radical (unpaired) electrons. The number of rotatable bonds is 1. The van der Waals surface area contributed by atoms with Crippen molar-refractivity contribution in [3.05, 3.63) is 62.5 Å². The van der Waals surface area contributed by atoms with E-state index in [-0.39, 0.29) is 16.1 Å². The monoisotopic (exact) mass is 325 g/mol. The zero-order valence-corrected chi connectivity index (χ0v) is 13.2. The third-order valence-electron chi connectivity index (χ3n) is 3.81. The molecule has 1 aliphatic heterocycles. The number of imide groups is 1. The molecule has 1 aliphatic rings. The van der Waals surface area contributed by atoms with Gasteiger partial charge < -0.3 is 0 Å². The predicted octanol–water partition coefficient (Wildman–Crippen LogP) is 2.17. The first kappa shape index (κ1) is 13.8. The summed E-state index contributed by atoms with van der Waals surface area (Å²) < 4.78 is 1.23. The van der Waals surface area contributed by atoms with Crippen molar-refractivity contribution in [2.45, 2.75) is 13.8 Å². The van der Waals surface area contributed by atoms with E-state index < -0.39 is 11.8 Å². The smallest absolute Gasteiger partial charge is 0.269 e. The minimum atomic E-state index is -0.488. The lowest BCUT2D eigenvalue weighted by Crippen LogP contribution is -2.31. The molecule has 0 atom stereocenters. The van der Waals surface area contributed by atoms with Crippen LogP contribution in [0.4, 0.5) is 5.69 Å². The highest BCUT2D eigenvalue weighted by Gasteiger charge is 2.42. The lowest BCUT2D eigenvalue weighted by atomic mass is 10.2. The Kier molecular flexibility index (Phi) is 2.76. The molecule has 6 nitrogen and oxygen atoms in total. The average molecular weight is 325 g/mol. The Bertz CT molecular complexity index is 1060. The highest BCUT2D eigenvalue weighted by molar-refractivity contribution is 7.19. The molecule has 7 heteroatoms. The van der Waals surface area contributed by atoms with Crippen molar-refractivity contribution in [2.24, 2.45) is 0 Å². The van der Waals surface area contributed by atoms with Gasteiger partial charge in [0.15, 0.2) is 4.96 Å². The summed E-state index contributed by atoms with van der Waals surface area (Å²) in [7, 11) is 0. The third-order valence-corrected chi connectivity index (χ3v) is 4.84. The number of fused-ring (bicyclic) bond motifs is 3. The zero-order chi connectivity index (χ0) is 16.3. The van der Waals surface area contributed by atoms with Gasteiger partial charge in [0.05, 0.1) is 5.69 Å². The zero-order valence-electron chi connectivity index (χ0n) is 12.4. The van der Waals surface area contributed by atoms with Crippen LogP contribution < -0.4 is 10.5 Å². The molecule has 0 fully saturated rings. The van der Waals surface area contributed by atoms with Crippen LogP contribution in [0, 0.1) is 13.8 Å². The molecule has 0 N–H and O–H groups in total. The van der Waals surface area contributed by atoms with Crippen molar-refractivity contribution in [3.63, 3.8) is 0 Å². The topological polar surface area (TPSA) is 71.8 Å². The van der Waals surface area contributed by atoms with Gasteiger partial charge in [0.1, 0.15) is 10.6 Å². The van der Waals surface area contributed by atoms with Crippen LogP contribution >= 0.6 is 11.3 Å². The maximum atomic E-state index is 12.8. The quantitative estimate of drug-likeness (QED) is 0.643. The second kappa shape index (κ2) is 4.60. The molecular weight excluding hydrogens is 314 g/mol. The molecular formula is C16H11N3O3S. The lowest BCUT2D eigenvalue weighted by molar-refractivity contribution is 0.0924. The number of thiazole rings is 1. The first-order valence-electron chi connectivity index (χ1n) is 6.96. The van der Waals surface area contributed by atoms with Gasteiger partial charge in [-0.2, -0.15) is 0 Å². The molecule has 0 spiro atoms. The van der Waals surface area contributed by atoms with Gasteiger partial charge in [0.2, 0.25) is 0 Å². The second-order valence-electron chi connectivity index (χ2n) is 5.37. The van der Waals surface area contributed by atoms with E-state index in [2.05, 4.69) is 4.98 Å². The summed E-state index contributed by atoms with van der Waals surface area (Å²) in [5.41, 5.74) is 1.67. The number of benzene rings is 1. The molecule has 0 unspecified atom stereocenters. The summed E-state index contributed by atoms with van der Waals surface area (Å²) in [5.74, 6) is -0.898. The first-order chi connectivity index (χ1) is 11.0. The summed E-state index contributed by atoms with van der Waals surface area (Å²) in [6.07, 6.45) is 0. The van der Waals surface area contributed by atoms with Gasteiger partial charge in [-0.3, -0.25) is 14.4 Å². The number of carbonyl (C=O) groups excluding carboxylic acids is 2. The van der Waals surface area contributed by atoms with Gasteiger partial charge in [0.25, 0.3) is 17.4 Å². The van der Waals surface area contributed by atoms with Crippen molar-refractivity contribution < 1.29 is 9.59 Å². The molecule has 2 aromatic heterocycles. The summed E-state index contributed by atoms with van der Waals surface area (Å²) in [6.45, 7) is 3.53. The molecule has 23 heavy (non-hydrogen) atoms. The highest BCUT2D eigenvalue weighted by Crippen LogP contribution is 2.34. The van der Waals surface area contributed by atoms with Crippen molar-refractivity contribution in [1.82, 2.24) is 9.38 Å². The van der Waals surface area contributed by atoms with Crippen molar-refractivity contribution >= 4 is 33.8 Å². The number of hydrogen-bond acceptors (Lipinski definition) is 5. The summed E-state index contributed by atoms with van der Waals surface area (Å²) in [6, 6.07) is 8.51. The van der Waals surface area contributed by atoms with Crippen molar-refractivity contribution in [2.75, 3.05) is 4.90 Å². The second-order valence-corrected chi connectivity index (χ2v) is 6.34. The van der Waals surface area contributed by atoms with E-state index in [1.54, 1.807) is 19.1 Å². The van der Waals surface area contributed by atoms with Crippen LogP contribution in [0.5, 0.6) is 0 Å². The predicted molar refractivity (Wildman–Crippen MR) is 86.4 cm³/mol. The number of aryl methyl sites for hydroxylation is 2. The van der Waals surface area contributed by atoms with Crippen LogP contribution in [0.2, 0.25) is 0 Å². The fraction of sp³-hybridized carbons (Fsp3) is 0.125. The molecule has 0 bridgehead atoms. The van der Waals surface area contributed by atoms with Gasteiger partial charge in [-0.15, -0.1) is 0 Å². The van der Waals surface area contributed by atoms with E-state index in [4.69, 9.17) is 0 Å². The SMILES string of the molecule is Cc1cc(=O)n2c3c(sc2n1)C(=O)N(c1ccccc1C)C3=O. The molecule has 0 saturated heterocycles. The Balaban J connectivity index is 1.98. The van der Waals surface area contributed by atoms with E-state index >= 15 is 0 Å². The molecule has 0 aliphatic carbocycles. The number of para-hydroxylation sites is 1. The number of anilines is 1. The van der Waals surface area contributed by atoms with Crippen molar-refractivity contribution in [1.29, 1.82) is 0 Å².